The topological polar surface area (TPSA) is 97.1 Å². The van der Waals surface area contributed by atoms with E-state index >= 15 is 0 Å². The van der Waals surface area contributed by atoms with Crippen LogP contribution in [0.3, 0.4) is 0 Å². The Labute approximate surface area is 122 Å². The number of amides is 1. The minimum Gasteiger partial charge on any atom is -0.481 e. The number of aromatic nitrogens is 3. The summed E-state index contributed by atoms with van der Waals surface area (Å²) in [6.45, 7) is 5.87. The smallest absolute Gasteiger partial charge is 0.305 e. The maximum absolute atomic E-state index is 12.1. The molecule has 2 aromatic heterocycles. The van der Waals surface area contributed by atoms with Crippen molar-refractivity contribution in [2.75, 3.05) is 6.54 Å². The van der Waals surface area contributed by atoms with Gasteiger partial charge >= 0.3 is 5.97 Å². The SMILES string of the molecule is Cc1nc2c(cnn2C(C)C)cc1C(=O)NCCC(=O)O. The second-order valence-electron chi connectivity index (χ2n) is 5.12. The van der Waals surface area contributed by atoms with Crippen molar-refractivity contribution in [3.8, 4) is 0 Å². The average Bonchev–Trinajstić information content (AvgIpc) is 2.79. The van der Waals surface area contributed by atoms with Crippen LogP contribution in [0.4, 0.5) is 0 Å². The van der Waals surface area contributed by atoms with E-state index in [1.165, 1.54) is 0 Å². The summed E-state index contributed by atoms with van der Waals surface area (Å²) in [4.78, 5) is 27.0. The zero-order valence-corrected chi connectivity index (χ0v) is 12.3. The van der Waals surface area contributed by atoms with Crippen molar-refractivity contribution in [3.05, 3.63) is 23.5 Å². The Balaban J connectivity index is 2.27. The first kappa shape index (κ1) is 15.0. The van der Waals surface area contributed by atoms with Crippen LogP contribution in [-0.2, 0) is 4.79 Å². The fourth-order valence-corrected chi connectivity index (χ4v) is 2.05. The van der Waals surface area contributed by atoms with Crippen molar-refractivity contribution < 1.29 is 14.7 Å². The Morgan fingerprint density at radius 2 is 2.14 bits per heavy atom. The van der Waals surface area contributed by atoms with Gasteiger partial charge in [-0.05, 0) is 26.8 Å². The second-order valence-corrected chi connectivity index (χ2v) is 5.12. The summed E-state index contributed by atoms with van der Waals surface area (Å²) in [7, 11) is 0. The van der Waals surface area contributed by atoms with Crippen LogP contribution < -0.4 is 5.32 Å². The molecule has 2 rings (SSSR count). The molecule has 0 aliphatic heterocycles. The number of fused-ring (bicyclic) bond motifs is 1. The maximum Gasteiger partial charge on any atom is 0.305 e. The molecule has 0 aliphatic rings. The monoisotopic (exact) mass is 290 g/mol. The molecule has 7 nitrogen and oxygen atoms in total. The molecule has 0 saturated heterocycles. The van der Waals surface area contributed by atoms with E-state index in [9.17, 15) is 9.59 Å². The highest BCUT2D eigenvalue weighted by molar-refractivity contribution is 5.98. The largest absolute Gasteiger partial charge is 0.481 e. The van der Waals surface area contributed by atoms with Crippen LogP contribution in [0.1, 0.15) is 42.4 Å². The molecule has 2 heterocycles. The highest BCUT2D eigenvalue weighted by atomic mass is 16.4. The van der Waals surface area contributed by atoms with Crippen LogP contribution >= 0.6 is 0 Å². The van der Waals surface area contributed by atoms with Gasteiger partial charge in [-0.15, -0.1) is 0 Å². The summed E-state index contributed by atoms with van der Waals surface area (Å²) in [5.41, 5.74) is 1.78. The number of hydrogen-bond donors (Lipinski definition) is 2. The first-order valence-corrected chi connectivity index (χ1v) is 6.75. The lowest BCUT2D eigenvalue weighted by Gasteiger charge is -2.09. The molecular formula is C14H18N4O3. The first-order chi connectivity index (χ1) is 9.90. The quantitative estimate of drug-likeness (QED) is 0.870. The third-order valence-corrected chi connectivity index (χ3v) is 3.12. The number of nitrogens with zero attached hydrogens (tertiary/aromatic N) is 3. The molecule has 0 radical (unpaired) electrons. The van der Waals surface area contributed by atoms with Crippen molar-refractivity contribution in [3.63, 3.8) is 0 Å². The van der Waals surface area contributed by atoms with E-state index < -0.39 is 5.97 Å². The van der Waals surface area contributed by atoms with Gasteiger partial charge in [-0.25, -0.2) is 9.67 Å². The van der Waals surface area contributed by atoms with Crippen molar-refractivity contribution >= 4 is 22.9 Å². The van der Waals surface area contributed by atoms with Gasteiger partial charge in [-0.2, -0.15) is 5.10 Å². The molecule has 1 amide bonds. The zero-order valence-electron chi connectivity index (χ0n) is 12.3. The minimum atomic E-state index is -0.946. The second kappa shape index (κ2) is 5.90. The van der Waals surface area contributed by atoms with E-state index in [2.05, 4.69) is 15.4 Å². The van der Waals surface area contributed by atoms with E-state index in [0.717, 1.165) is 11.0 Å². The number of aryl methyl sites for hydroxylation is 1. The molecule has 0 aromatic carbocycles. The Hall–Kier alpha value is -2.44. The Kier molecular flexibility index (Phi) is 4.21. The third kappa shape index (κ3) is 3.18. The number of carboxylic acids is 1. The lowest BCUT2D eigenvalue weighted by molar-refractivity contribution is -0.136. The number of rotatable bonds is 5. The van der Waals surface area contributed by atoms with Crippen LogP contribution in [-0.4, -0.2) is 38.3 Å². The van der Waals surface area contributed by atoms with Gasteiger partial charge in [0.2, 0.25) is 0 Å². The number of nitrogens with one attached hydrogen (secondary N) is 1. The predicted octanol–water partition coefficient (Wildman–Crippen LogP) is 1.53. The number of aliphatic carboxylic acids is 1. The summed E-state index contributed by atoms with van der Waals surface area (Å²) >= 11 is 0. The number of hydrogen-bond acceptors (Lipinski definition) is 4. The fraction of sp³-hybridized carbons (Fsp3) is 0.429. The van der Waals surface area contributed by atoms with Gasteiger partial charge in [0.25, 0.3) is 5.91 Å². The van der Waals surface area contributed by atoms with E-state index in [0.29, 0.717) is 11.3 Å². The lowest BCUT2D eigenvalue weighted by Crippen LogP contribution is -2.27. The molecule has 0 aliphatic carbocycles. The maximum atomic E-state index is 12.1. The summed E-state index contributed by atoms with van der Waals surface area (Å²) in [5, 5.41) is 16.2. The number of carboxylic acid groups (broad SMARTS) is 1. The zero-order chi connectivity index (χ0) is 15.6. The fourth-order valence-electron chi connectivity index (χ4n) is 2.05. The molecule has 0 atom stereocenters. The van der Waals surface area contributed by atoms with Crippen LogP contribution in [0, 0.1) is 6.92 Å². The molecule has 2 aromatic rings. The highest BCUT2D eigenvalue weighted by Gasteiger charge is 2.15. The summed E-state index contributed by atoms with van der Waals surface area (Å²) < 4.78 is 1.80. The van der Waals surface area contributed by atoms with E-state index in [-0.39, 0.29) is 24.9 Å². The van der Waals surface area contributed by atoms with Crippen molar-refractivity contribution in [1.29, 1.82) is 0 Å². The molecule has 0 bridgehead atoms. The Morgan fingerprint density at radius 3 is 2.76 bits per heavy atom. The van der Waals surface area contributed by atoms with Gasteiger partial charge in [0.05, 0.1) is 23.9 Å². The molecule has 7 heteroatoms. The van der Waals surface area contributed by atoms with Crippen LogP contribution in [0.5, 0.6) is 0 Å². The highest BCUT2D eigenvalue weighted by Crippen LogP contribution is 2.19. The Morgan fingerprint density at radius 1 is 1.43 bits per heavy atom. The van der Waals surface area contributed by atoms with E-state index in [4.69, 9.17) is 5.11 Å². The summed E-state index contributed by atoms with van der Waals surface area (Å²) in [6, 6.07) is 1.92. The van der Waals surface area contributed by atoms with Gasteiger partial charge in [0.15, 0.2) is 5.65 Å². The predicted molar refractivity (Wildman–Crippen MR) is 77.2 cm³/mol. The van der Waals surface area contributed by atoms with Gasteiger partial charge in [0, 0.05) is 18.0 Å². The van der Waals surface area contributed by atoms with Crippen molar-refractivity contribution in [2.45, 2.75) is 33.2 Å². The van der Waals surface area contributed by atoms with Crippen LogP contribution in [0.25, 0.3) is 11.0 Å². The van der Waals surface area contributed by atoms with Gasteiger partial charge in [0.1, 0.15) is 0 Å². The molecule has 0 spiro atoms. The number of carbonyl (C=O) groups excluding carboxylic acids is 1. The normalized spacial score (nSPS) is 11.0. The summed E-state index contributed by atoms with van der Waals surface area (Å²) in [5.74, 6) is -1.26. The minimum absolute atomic E-state index is 0.0941. The molecular weight excluding hydrogens is 272 g/mol. The number of pyridine rings is 1. The lowest BCUT2D eigenvalue weighted by atomic mass is 10.1. The van der Waals surface area contributed by atoms with Crippen LogP contribution in [0.15, 0.2) is 12.3 Å². The van der Waals surface area contributed by atoms with Crippen LogP contribution in [0.2, 0.25) is 0 Å². The Bertz CT molecular complexity index is 691. The van der Waals surface area contributed by atoms with Crippen molar-refractivity contribution in [1.82, 2.24) is 20.1 Å². The standard InChI is InChI=1S/C14H18N4O3/c1-8(2)18-13-10(7-16-18)6-11(9(3)17-13)14(21)15-5-4-12(19)20/h6-8H,4-5H2,1-3H3,(H,15,21)(H,19,20). The number of carbonyl (C=O) groups is 2. The van der Waals surface area contributed by atoms with Crippen molar-refractivity contribution in [2.24, 2.45) is 0 Å². The van der Waals surface area contributed by atoms with Gasteiger partial charge in [-0.1, -0.05) is 0 Å². The molecule has 112 valence electrons. The van der Waals surface area contributed by atoms with Gasteiger partial charge in [-0.3, -0.25) is 9.59 Å². The molecule has 0 unspecified atom stereocenters. The van der Waals surface area contributed by atoms with E-state index in [1.54, 1.807) is 23.9 Å². The van der Waals surface area contributed by atoms with E-state index in [1.807, 2.05) is 13.8 Å². The average molecular weight is 290 g/mol. The first-order valence-electron chi connectivity index (χ1n) is 6.75. The molecule has 0 fully saturated rings. The third-order valence-electron chi connectivity index (χ3n) is 3.12. The molecule has 21 heavy (non-hydrogen) atoms. The molecule has 2 N–H and O–H groups in total. The summed E-state index contributed by atoms with van der Waals surface area (Å²) in [6.07, 6.45) is 1.57. The molecule has 0 saturated carbocycles. The van der Waals surface area contributed by atoms with Gasteiger partial charge < -0.3 is 10.4 Å².